The molecule has 3 aromatic rings. The lowest BCUT2D eigenvalue weighted by Gasteiger charge is -2.06. The molecule has 0 atom stereocenters. The van der Waals surface area contributed by atoms with Gasteiger partial charge in [0.25, 0.3) is 0 Å². The van der Waals surface area contributed by atoms with Crippen LogP contribution in [0.3, 0.4) is 0 Å². The van der Waals surface area contributed by atoms with E-state index in [4.69, 9.17) is 4.74 Å². The van der Waals surface area contributed by atoms with Gasteiger partial charge >= 0.3 is 0 Å². The molecule has 0 saturated heterocycles. The lowest BCUT2D eigenvalue weighted by Crippen LogP contribution is -2.12. The van der Waals surface area contributed by atoms with Gasteiger partial charge in [0.15, 0.2) is 6.61 Å². The van der Waals surface area contributed by atoms with Crippen molar-refractivity contribution in [3.8, 4) is 5.88 Å². The zero-order valence-electron chi connectivity index (χ0n) is 10.0. The average molecular weight is 253 g/mol. The Kier molecular flexibility index (Phi) is 2.94. The average Bonchev–Trinajstić information content (AvgIpc) is 2.99. The van der Waals surface area contributed by atoms with Gasteiger partial charge in [0.05, 0.1) is 16.6 Å². The van der Waals surface area contributed by atoms with Crippen LogP contribution in [0, 0.1) is 0 Å². The van der Waals surface area contributed by atoms with E-state index in [1.54, 1.807) is 18.3 Å². The van der Waals surface area contributed by atoms with Gasteiger partial charge in [0.1, 0.15) is 6.33 Å². The zero-order chi connectivity index (χ0) is 13.1. The van der Waals surface area contributed by atoms with Crippen molar-refractivity contribution in [2.45, 2.75) is 0 Å². The SMILES string of the molecule is O=C(COc1ncnc2ccccc12)c1ccc[nH]1. The number of carbonyl (C=O) groups excluding carboxylic acids is 1. The summed E-state index contributed by atoms with van der Waals surface area (Å²) >= 11 is 0. The van der Waals surface area contributed by atoms with Gasteiger partial charge in [-0.3, -0.25) is 4.79 Å². The van der Waals surface area contributed by atoms with Crippen LogP contribution in [0.1, 0.15) is 10.5 Å². The van der Waals surface area contributed by atoms with Gasteiger partial charge in [-0.2, -0.15) is 0 Å². The van der Waals surface area contributed by atoms with Crippen molar-refractivity contribution in [2.75, 3.05) is 6.61 Å². The molecule has 0 radical (unpaired) electrons. The summed E-state index contributed by atoms with van der Waals surface area (Å²) in [6.45, 7) is -0.0540. The fraction of sp³-hybridized carbons (Fsp3) is 0.0714. The first-order valence-corrected chi connectivity index (χ1v) is 5.84. The standard InChI is InChI=1S/C14H11N3O2/c18-13(12-6-3-7-15-12)8-19-14-10-4-1-2-5-11(10)16-9-17-14/h1-7,9,15H,8H2. The first-order chi connectivity index (χ1) is 9.34. The van der Waals surface area contributed by atoms with Gasteiger partial charge in [-0.15, -0.1) is 0 Å². The third-order valence-corrected chi connectivity index (χ3v) is 2.74. The summed E-state index contributed by atoms with van der Waals surface area (Å²) < 4.78 is 5.48. The van der Waals surface area contributed by atoms with Gasteiger partial charge < -0.3 is 9.72 Å². The van der Waals surface area contributed by atoms with Crippen molar-refractivity contribution < 1.29 is 9.53 Å². The van der Waals surface area contributed by atoms with Crippen LogP contribution in [0.5, 0.6) is 5.88 Å². The minimum atomic E-state index is -0.118. The van der Waals surface area contributed by atoms with Crippen LogP contribution in [0.2, 0.25) is 0 Å². The van der Waals surface area contributed by atoms with E-state index in [-0.39, 0.29) is 12.4 Å². The number of ketones is 1. The molecule has 0 bridgehead atoms. The minimum Gasteiger partial charge on any atom is -0.469 e. The monoisotopic (exact) mass is 253 g/mol. The van der Waals surface area contributed by atoms with Crippen molar-refractivity contribution in [3.63, 3.8) is 0 Å². The first kappa shape index (κ1) is 11.4. The van der Waals surface area contributed by atoms with Gasteiger partial charge in [-0.05, 0) is 24.3 Å². The highest BCUT2D eigenvalue weighted by molar-refractivity contribution is 5.95. The van der Waals surface area contributed by atoms with Crippen molar-refractivity contribution in [2.24, 2.45) is 0 Å². The van der Waals surface area contributed by atoms with Crippen LogP contribution in [-0.2, 0) is 0 Å². The molecular weight excluding hydrogens is 242 g/mol. The molecule has 94 valence electrons. The summed E-state index contributed by atoms with van der Waals surface area (Å²) in [7, 11) is 0. The molecule has 1 aromatic carbocycles. The van der Waals surface area contributed by atoms with Crippen LogP contribution in [0.25, 0.3) is 10.9 Å². The Hall–Kier alpha value is -2.69. The van der Waals surface area contributed by atoms with Gasteiger partial charge in [0.2, 0.25) is 11.7 Å². The van der Waals surface area contributed by atoms with E-state index in [0.717, 1.165) is 10.9 Å². The highest BCUT2D eigenvalue weighted by atomic mass is 16.5. The number of rotatable bonds is 4. The number of aromatic amines is 1. The fourth-order valence-corrected chi connectivity index (χ4v) is 1.81. The number of aromatic nitrogens is 3. The maximum absolute atomic E-state index is 11.8. The van der Waals surface area contributed by atoms with Gasteiger partial charge in [0, 0.05) is 6.20 Å². The topological polar surface area (TPSA) is 67.9 Å². The molecule has 2 heterocycles. The number of H-pyrrole nitrogens is 1. The van der Waals surface area contributed by atoms with Crippen LogP contribution in [0.4, 0.5) is 0 Å². The van der Waals surface area contributed by atoms with Crippen molar-refractivity contribution in [3.05, 3.63) is 54.6 Å². The Morgan fingerprint density at radius 2 is 2.05 bits per heavy atom. The molecule has 19 heavy (non-hydrogen) atoms. The second-order valence-corrected chi connectivity index (χ2v) is 3.99. The summed E-state index contributed by atoms with van der Waals surface area (Å²) in [6.07, 6.45) is 3.13. The lowest BCUT2D eigenvalue weighted by molar-refractivity contribution is 0.0915. The highest BCUT2D eigenvalue weighted by Crippen LogP contribution is 2.20. The maximum Gasteiger partial charge on any atom is 0.224 e. The molecule has 3 rings (SSSR count). The number of ether oxygens (including phenoxy) is 1. The lowest BCUT2D eigenvalue weighted by atomic mass is 10.2. The minimum absolute atomic E-state index is 0.0540. The summed E-state index contributed by atoms with van der Waals surface area (Å²) in [6, 6.07) is 11.0. The van der Waals surface area contributed by atoms with Crippen molar-refractivity contribution in [1.29, 1.82) is 0 Å². The molecule has 5 heteroatoms. The molecule has 2 aromatic heterocycles. The number of benzene rings is 1. The summed E-state index contributed by atoms with van der Waals surface area (Å²) in [5, 5.41) is 0.796. The normalized spacial score (nSPS) is 10.5. The number of hydrogen-bond donors (Lipinski definition) is 1. The Bertz CT molecular complexity index is 702. The third kappa shape index (κ3) is 2.30. The quantitative estimate of drug-likeness (QED) is 0.724. The fourth-order valence-electron chi connectivity index (χ4n) is 1.81. The molecule has 0 unspecified atom stereocenters. The zero-order valence-corrected chi connectivity index (χ0v) is 10.0. The second kappa shape index (κ2) is 4.89. The van der Waals surface area contributed by atoms with E-state index in [2.05, 4.69) is 15.0 Å². The maximum atomic E-state index is 11.8. The number of nitrogens with zero attached hydrogens (tertiary/aromatic N) is 2. The van der Waals surface area contributed by atoms with Gasteiger partial charge in [-0.25, -0.2) is 9.97 Å². The van der Waals surface area contributed by atoms with E-state index in [1.165, 1.54) is 6.33 Å². The molecule has 0 amide bonds. The van der Waals surface area contributed by atoms with Crippen LogP contribution in [0.15, 0.2) is 48.9 Å². The molecule has 0 fully saturated rings. The highest BCUT2D eigenvalue weighted by Gasteiger charge is 2.09. The molecule has 0 aliphatic carbocycles. The van der Waals surface area contributed by atoms with E-state index >= 15 is 0 Å². The molecule has 0 spiro atoms. The van der Waals surface area contributed by atoms with E-state index in [9.17, 15) is 4.79 Å². The summed E-state index contributed by atoms with van der Waals surface area (Å²) in [4.78, 5) is 22.9. The van der Waals surface area contributed by atoms with E-state index < -0.39 is 0 Å². The number of carbonyl (C=O) groups is 1. The molecule has 0 saturated carbocycles. The third-order valence-electron chi connectivity index (χ3n) is 2.74. The van der Waals surface area contributed by atoms with E-state index in [0.29, 0.717) is 11.6 Å². The van der Waals surface area contributed by atoms with Crippen LogP contribution >= 0.6 is 0 Å². The molecule has 1 N–H and O–H groups in total. The van der Waals surface area contributed by atoms with Crippen LogP contribution < -0.4 is 4.74 Å². The molecule has 0 aliphatic rings. The van der Waals surface area contributed by atoms with E-state index in [1.807, 2.05) is 24.3 Å². The van der Waals surface area contributed by atoms with Crippen LogP contribution in [-0.4, -0.2) is 27.3 Å². The summed E-state index contributed by atoms with van der Waals surface area (Å²) in [5.41, 5.74) is 1.32. The Morgan fingerprint density at radius 1 is 1.16 bits per heavy atom. The number of hydrogen-bond acceptors (Lipinski definition) is 4. The number of Topliss-reactive ketones (excluding diaryl/α,β-unsaturated/α-hetero) is 1. The number of fused-ring (bicyclic) bond motifs is 1. The first-order valence-electron chi connectivity index (χ1n) is 5.84. The van der Waals surface area contributed by atoms with Crippen molar-refractivity contribution >= 4 is 16.7 Å². The largest absolute Gasteiger partial charge is 0.469 e. The summed E-state index contributed by atoms with van der Waals surface area (Å²) in [5.74, 6) is 0.304. The number of nitrogens with one attached hydrogen (secondary N) is 1. The molecule has 5 nitrogen and oxygen atoms in total. The predicted octanol–water partition coefficient (Wildman–Crippen LogP) is 2.22. The Labute approximate surface area is 109 Å². The predicted molar refractivity (Wildman–Crippen MR) is 70.2 cm³/mol. The number of para-hydroxylation sites is 1. The smallest absolute Gasteiger partial charge is 0.224 e. The molecule has 0 aliphatic heterocycles. The molecular formula is C14H11N3O2. The second-order valence-electron chi connectivity index (χ2n) is 3.99. The van der Waals surface area contributed by atoms with Gasteiger partial charge in [-0.1, -0.05) is 12.1 Å². The Morgan fingerprint density at radius 3 is 2.89 bits per heavy atom. The Balaban J connectivity index is 1.81. The van der Waals surface area contributed by atoms with Crippen molar-refractivity contribution in [1.82, 2.24) is 15.0 Å².